The molecule has 2 aromatic rings. The molecule has 4 rings (SSSR count). The number of aromatic nitrogens is 1. The monoisotopic (exact) mass is 1090 g/mol. The number of anilines is 1. The molecule has 9 atom stereocenters. The lowest BCUT2D eigenvalue weighted by molar-refractivity contribution is -0.152. The fourth-order valence-electron chi connectivity index (χ4n) is 9.39. The number of nitrogens with two attached hydrogens (primary N) is 2. The number of rotatable bonds is 30. The molecule has 1 aromatic carbocycles. The highest BCUT2D eigenvalue weighted by atomic mass is 32.1. The van der Waals surface area contributed by atoms with Crippen molar-refractivity contribution in [2.24, 2.45) is 29.2 Å². The van der Waals surface area contributed by atoms with Gasteiger partial charge in [0, 0.05) is 68.2 Å². The normalized spacial score (nSPS) is 17.7. The Kier molecular flexibility index (Phi) is 24.6. The molecule has 77 heavy (non-hydrogen) atoms. The second kappa shape index (κ2) is 30.2. The summed E-state index contributed by atoms with van der Waals surface area (Å²) in [6.45, 7) is 13.0. The number of benzene rings is 1. The van der Waals surface area contributed by atoms with E-state index in [-0.39, 0.29) is 87.2 Å². The lowest BCUT2D eigenvalue weighted by Crippen LogP contribution is -2.59. The first-order chi connectivity index (χ1) is 36.5. The number of nitrogens with one attached hydrogen (secondary N) is 5. The van der Waals surface area contributed by atoms with Gasteiger partial charge in [0.25, 0.3) is 17.7 Å². The van der Waals surface area contributed by atoms with E-state index in [2.05, 4.69) is 31.6 Å². The number of carbonyl (C=O) groups excluding carboxylic acids is 10. The maximum absolute atomic E-state index is 14.7. The Morgan fingerprint density at radius 1 is 0.896 bits per heavy atom. The standard InChI is InChI=1S/C53H79N11O12S/c1-10-31(5)45(61-50(72)40-16-12-13-24-62(40)8)52(73)63(29-75-9)41(30(3)4)27-42(76-33(7)65)51-60-38(28-77-51)48(70)58-36(25-32(6)46(54)68)26-34-17-19-35(20-18-34)57-47(69)37(15-14-23-56-53(55)74)59-49(71)39(11-2)64-43(66)21-22-44(64)67/h17-22,28,30-32,36-37,39-42,45H,10-16,23-27,29H2,1-9H3,(H2,54,68)(H,57,69)(H,58,70)(H,59,71)(H,61,72)(H3,55,56,74)/t31-,32?,36+,37-,39?,40+,41+,42+,45-/m0/s1. The van der Waals surface area contributed by atoms with Crippen LogP contribution in [0.1, 0.15) is 133 Å². The van der Waals surface area contributed by atoms with E-state index in [0.717, 1.165) is 47.8 Å². The minimum absolute atomic E-state index is 0.0164. The van der Waals surface area contributed by atoms with Crippen LogP contribution in [0.25, 0.3) is 0 Å². The van der Waals surface area contributed by atoms with Gasteiger partial charge in [0.1, 0.15) is 35.6 Å². The largest absolute Gasteiger partial charge is 0.455 e. The number of piperidine rings is 1. The first-order valence-electron chi connectivity index (χ1n) is 26.3. The molecule has 3 heterocycles. The number of urea groups is 1. The number of primary amides is 2. The molecule has 424 valence electrons. The number of hydrogen-bond donors (Lipinski definition) is 7. The fourth-order valence-corrected chi connectivity index (χ4v) is 10.2. The molecular formula is C53H79N11O12S. The molecule has 0 radical (unpaired) electrons. The third kappa shape index (κ3) is 18.4. The van der Waals surface area contributed by atoms with Crippen LogP contribution in [-0.4, -0.2) is 149 Å². The number of methoxy groups -OCH3 is 1. The minimum atomic E-state index is -1.17. The highest BCUT2D eigenvalue weighted by molar-refractivity contribution is 7.09. The van der Waals surface area contributed by atoms with Crippen molar-refractivity contribution in [2.45, 2.75) is 155 Å². The fraction of sp³-hybridized carbons (Fsp3) is 0.604. The number of carbonyl (C=O) groups is 10. The van der Waals surface area contributed by atoms with Gasteiger partial charge in [-0.3, -0.25) is 53.0 Å². The zero-order valence-corrected chi connectivity index (χ0v) is 46.6. The van der Waals surface area contributed by atoms with Crippen LogP contribution in [0.15, 0.2) is 41.8 Å². The number of likely N-dealkylation sites (tertiary alicyclic amines) is 1. The van der Waals surface area contributed by atoms with E-state index in [1.54, 1.807) is 43.0 Å². The van der Waals surface area contributed by atoms with Gasteiger partial charge in [0.15, 0.2) is 6.10 Å². The summed E-state index contributed by atoms with van der Waals surface area (Å²) < 4.78 is 11.5. The van der Waals surface area contributed by atoms with Crippen LogP contribution in [-0.2, 0) is 54.3 Å². The van der Waals surface area contributed by atoms with Crippen molar-refractivity contribution in [2.75, 3.05) is 39.3 Å². The van der Waals surface area contributed by atoms with Crippen LogP contribution in [0.5, 0.6) is 0 Å². The molecule has 0 aliphatic carbocycles. The number of thiazole rings is 1. The predicted molar refractivity (Wildman–Crippen MR) is 287 cm³/mol. The van der Waals surface area contributed by atoms with Crippen LogP contribution < -0.4 is 38.1 Å². The van der Waals surface area contributed by atoms with Crippen molar-refractivity contribution in [3.05, 3.63) is 58.1 Å². The van der Waals surface area contributed by atoms with Crippen LogP contribution in [0.2, 0.25) is 0 Å². The van der Waals surface area contributed by atoms with Crippen LogP contribution in [0.4, 0.5) is 10.5 Å². The van der Waals surface area contributed by atoms with Gasteiger partial charge >= 0.3 is 12.0 Å². The average molecular weight is 1090 g/mol. The van der Waals surface area contributed by atoms with E-state index in [1.165, 1.54) is 19.4 Å². The summed E-state index contributed by atoms with van der Waals surface area (Å²) in [5.41, 5.74) is 11.9. The molecule has 0 bridgehead atoms. The maximum Gasteiger partial charge on any atom is 0.312 e. The maximum atomic E-state index is 14.7. The van der Waals surface area contributed by atoms with Crippen LogP contribution >= 0.6 is 11.3 Å². The first kappa shape index (κ1) is 62.7. The number of esters is 1. The van der Waals surface area contributed by atoms with Crippen molar-refractivity contribution in [3.63, 3.8) is 0 Å². The molecule has 23 nitrogen and oxygen atoms in total. The van der Waals surface area contributed by atoms with Crippen molar-refractivity contribution in [1.29, 1.82) is 0 Å². The predicted octanol–water partition coefficient (Wildman–Crippen LogP) is 3.04. The van der Waals surface area contributed by atoms with E-state index in [4.69, 9.17) is 20.9 Å². The Balaban J connectivity index is 1.52. The zero-order valence-electron chi connectivity index (χ0n) is 45.8. The number of hydrogen-bond acceptors (Lipinski definition) is 15. The van der Waals surface area contributed by atoms with Crippen molar-refractivity contribution < 1.29 is 57.4 Å². The third-order valence-electron chi connectivity index (χ3n) is 14.0. The van der Waals surface area contributed by atoms with E-state index in [1.807, 2.05) is 39.6 Å². The van der Waals surface area contributed by atoms with E-state index < -0.39 is 89.7 Å². The average Bonchev–Trinajstić information content (AvgIpc) is 4.01. The Morgan fingerprint density at radius 2 is 1.57 bits per heavy atom. The molecule has 1 saturated heterocycles. The summed E-state index contributed by atoms with van der Waals surface area (Å²) in [6, 6.07) is 1.11. The summed E-state index contributed by atoms with van der Waals surface area (Å²) in [5.74, 6) is -6.01. The number of nitrogens with zero attached hydrogens (tertiary/aromatic N) is 4. The lowest BCUT2D eigenvalue weighted by Gasteiger charge is -2.39. The lowest BCUT2D eigenvalue weighted by atomic mass is 9.92. The molecule has 2 aliphatic rings. The number of likely N-dealkylation sites (N-methyl/N-ethyl adjacent to an activating group) is 1. The third-order valence-corrected chi connectivity index (χ3v) is 14.9. The summed E-state index contributed by atoms with van der Waals surface area (Å²) in [6.07, 6.45) is 5.19. The van der Waals surface area contributed by atoms with Gasteiger partial charge in [-0.25, -0.2) is 9.78 Å². The summed E-state index contributed by atoms with van der Waals surface area (Å²) in [4.78, 5) is 140. The smallest absolute Gasteiger partial charge is 0.312 e. The zero-order chi connectivity index (χ0) is 57.1. The van der Waals surface area contributed by atoms with E-state index in [0.29, 0.717) is 29.1 Å². The summed E-state index contributed by atoms with van der Waals surface area (Å²) >= 11 is 1.10. The van der Waals surface area contributed by atoms with Gasteiger partial charge in [0.05, 0.1) is 6.04 Å². The van der Waals surface area contributed by atoms with Crippen molar-refractivity contribution in [3.8, 4) is 0 Å². The molecule has 1 fully saturated rings. The molecule has 24 heteroatoms. The topological polar surface area (TPSA) is 324 Å². The SMILES string of the molecule is CCC(C(=O)N[C@@H](CCCNC(N)=O)C(=O)Nc1ccc(C[C@@H](CC(C)C(N)=O)NC(=O)c2csc([C@@H](C[C@H](C(C)C)N(COC)C(=O)[C@@H](NC(=O)[C@H]3CCCCN3C)[C@@H](C)CC)OC(C)=O)n2)cc1)N1C(=O)C=CC1=O. The molecule has 0 saturated carbocycles. The van der Waals surface area contributed by atoms with E-state index in [9.17, 15) is 47.9 Å². The quantitative estimate of drug-likeness (QED) is 0.0256. The molecule has 10 amide bonds. The van der Waals surface area contributed by atoms with Gasteiger partial charge in [-0.05, 0) is 88.1 Å². The molecule has 2 aliphatic heterocycles. The first-order valence-corrected chi connectivity index (χ1v) is 27.2. The van der Waals surface area contributed by atoms with Crippen LogP contribution in [0.3, 0.4) is 0 Å². The number of ether oxygens (including phenoxy) is 2. The van der Waals surface area contributed by atoms with E-state index >= 15 is 0 Å². The molecule has 1 aromatic heterocycles. The number of amides is 10. The van der Waals surface area contributed by atoms with Crippen molar-refractivity contribution in [1.82, 2.24) is 41.0 Å². The van der Waals surface area contributed by atoms with Crippen molar-refractivity contribution >= 4 is 76.3 Å². The van der Waals surface area contributed by atoms with Gasteiger partial charge in [-0.15, -0.1) is 11.3 Å². The Morgan fingerprint density at radius 3 is 2.14 bits per heavy atom. The molecule has 2 unspecified atom stereocenters. The summed E-state index contributed by atoms with van der Waals surface area (Å²) in [7, 11) is 3.38. The van der Waals surface area contributed by atoms with Gasteiger partial charge in [-0.1, -0.05) is 66.5 Å². The second-order valence-electron chi connectivity index (χ2n) is 20.2. The summed E-state index contributed by atoms with van der Waals surface area (Å²) in [5, 5.41) is 15.7. The Labute approximate surface area is 454 Å². The highest BCUT2D eigenvalue weighted by Gasteiger charge is 2.40. The van der Waals surface area contributed by atoms with Gasteiger partial charge in [-0.2, -0.15) is 0 Å². The molecule has 0 spiro atoms. The second-order valence-corrected chi connectivity index (χ2v) is 21.1. The highest BCUT2D eigenvalue weighted by Crippen LogP contribution is 2.32. The van der Waals surface area contributed by atoms with Crippen LogP contribution in [0, 0.1) is 17.8 Å². The molecular weight excluding hydrogens is 1010 g/mol. The number of imide groups is 1. The Bertz CT molecular complexity index is 2420. The Hall–Kier alpha value is -6.79. The van der Waals surface area contributed by atoms with Gasteiger partial charge < -0.3 is 52.4 Å². The van der Waals surface area contributed by atoms with Gasteiger partial charge in [0.2, 0.25) is 29.5 Å². The molecule has 9 N–H and O–H groups in total. The minimum Gasteiger partial charge on any atom is -0.455 e.